The average Bonchev–Trinajstić information content (AvgIpc) is 3.45. The molecule has 1 spiro atoms. The Hall–Kier alpha value is -3.68. The van der Waals surface area contributed by atoms with E-state index in [0.717, 1.165) is 22.9 Å². The maximum atomic E-state index is 13.3. The molecule has 0 aromatic carbocycles. The molecule has 5 rings (SSSR count). The highest BCUT2D eigenvalue weighted by molar-refractivity contribution is 5.93. The third kappa shape index (κ3) is 3.55. The SMILES string of the molecule is Cc1cccc(C(=O)N2CCC3(C2)c2cccn2-c2ncccc2N3CC(=O)NC(C)C)n1. The Morgan fingerprint density at radius 2 is 2.00 bits per heavy atom. The minimum absolute atomic E-state index is 0.0459. The van der Waals surface area contributed by atoms with Crippen molar-refractivity contribution in [3.8, 4) is 5.82 Å². The molecule has 1 atom stereocenters. The fourth-order valence-corrected chi connectivity index (χ4v) is 5.07. The number of rotatable bonds is 4. The number of likely N-dealkylation sites (tertiary alicyclic amines) is 1. The Morgan fingerprint density at radius 3 is 2.79 bits per heavy atom. The lowest BCUT2D eigenvalue weighted by Crippen LogP contribution is -2.56. The Balaban J connectivity index is 1.55. The van der Waals surface area contributed by atoms with Crippen LogP contribution in [0.15, 0.2) is 54.9 Å². The smallest absolute Gasteiger partial charge is 0.272 e. The van der Waals surface area contributed by atoms with Gasteiger partial charge in [-0.25, -0.2) is 9.97 Å². The number of nitrogens with one attached hydrogen (secondary N) is 1. The molecule has 1 fully saturated rings. The van der Waals surface area contributed by atoms with Crippen molar-refractivity contribution in [3.63, 3.8) is 0 Å². The molecule has 3 aromatic rings. The number of hydrogen-bond acceptors (Lipinski definition) is 5. The molecular weight excluding hydrogens is 416 g/mol. The number of anilines is 1. The number of carbonyl (C=O) groups is 2. The van der Waals surface area contributed by atoms with Gasteiger partial charge < -0.3 is 19.7 Å². The Morgan fingerprint density at radius 1 is 1.15 bits per heavy atom. The Bertz CT molecular complexity index is 1220. The van der Waals surface area contributed by atoms with Gasteiger partial charge in [0.1, 0.15) is 11.2 Å². The van der Waals surface area contributed by atoms with Crippen molar-refractivity contribution in [1.29, 1.82) is 0 Å². The van der Waals surface area contributed by atoms with Crippen LogP contribution in [0, 0.1) is 6.92 Å². The Labute approximate surface area is 193 Å². The van der Waals surface area contributed by atoms with E-state index in [1.807, 2.05) is 62.2 Å². The molecule has 2 aliphatic rings. The van der Waals surface area contributed by atoms with Crippen molar-refractivity contribution in [2.24, 2.45) is 0 Å². The molecule has 0 aliphatic carbocycles. The molecule has 5 heterocycles. The van der Waals surface area contributed by atoms with E-state index < -0.39 is 5.54 Å². The van der Waals surface area contributed by atoms with Gasteiger partial charge in [0.2, 0.25) is 5.91 Å². The summed E-state index contributed by atoms with van der Waals surface area (Å²) in [5.41, 5.74) is 2.66. The van der Waals surface area contributed by atoms with E-state index in [1.54, 1.807) is 12.3 Å². The summed E-state index contributed by atoms with van der Waals surface area (Å²) in [4.78, 5) is 39.3. The topological polar surface area (TPSA) is 83.4 Å². The number of nitrogens with zero attached hydrogens (tertiary/aromatic N) is 5. The van der Waals surface area contributed by atoms with Crippen molar-refractivity contribution in [1.82, 2.24) is 24.8 Å². The van der Waals surface area contributed by atoms with Crippen LogP contribution in [0.4, 0.5) is 5.69 Å². The zero-order chi connectivity index (χ0) is 23.2. The lowest BCUT2D eigenvalue weighted by Gasteiger charge is -2.46. The number of amides is 2. The molecule has 8 heteroatoms. The summed E-state index contributed by atoms with van der Waals surface area (Å²) >= 11 is 0. The molecule has 0 saturated carbocycles. The van der Waals surface area contributed by atoms with E-state index in [1.165, 1.54) is 0 Å². The number of aromatic nitrogens is 3. The summed E-state index contributed by atoms with van der Waals surface area (Å²) in [6, 6.07) is 13.5. The van der Waals surface area contributed by atoms with E-state index in [-0.39, 0.29) is 24.4 Å². The first-order valence-electron chi connectivity index (χ1n) is 11.3. The van der Waals surface area contributed by atoms with E-state index >= 15 is 0 Å². The summed E-state index contributed by atoms with van der Waals surface area (Å²) < 4.78 is 2.09. The van der Waals surface area contributed by atoms with Crippen molar-refractivity contribution >= 4 is 17.5 Å². The number of carbonyl (C=O) groups excluding carboxylic acids is 2. The maximum Gasteiger partial charge on any atom is 0.272 e. The second kappa shape index (κ2) is 8.03. The van der Waals surface area contributed by atoms with Gasteiger partial charge in [-0.3, -0.25) is 9.59 Å². The summed E-state index contributed by atoms with van der Waals surface area (Å²) in [7, 11) is 0. The highest BCUT2D eigenvalue weighted by Crippen LogP contribution is 2.47. The fourth-order valence-electron chi connectivity index (χ4n) is 5.07. The lowest BCUT2D eigenvalue weighted by atomic mass is 9.88. The number of hydrogen-bond donors (Lipinski definition) is 1. The van der Waals surface area contributed by atoms with Gasteiger partial charge in [0.05, 0.1) is 17.9 Å². The second-order valence-electron chi connectivity index (χ2n) is 9.09. The monoisotopic (exact) mass is 444 g/mol. The van der Waals surface area contributed by atoms with Gasteiger partial charge in [0.15, 0.2) is 5.82 Å². The second-order valence-corrected chi connectivity index (χ2v) is 9.09. The van der Waals surface area contributed by atoms with E-state index in [9.17, 15) is 9.59 Å². The molecule has 0 radical (unpaired) electrons. The van der Waals surface area contributed by atoms with Gasteiger partial charge >= 0.3 is 0 Å². The summed E-state index contributed by atoms with van der Waals surface area (Å²) in [5, 5.41) is 3.01. The zero-order valence-corrected chi connectivity index (χ0v) is 19.2. The highest BCUT2D eigenvalue weighted by Gasteiger charge is 2.51. The van der Waals surface area contributed by atoms with Crippen molar-refractivity contribution in [2.45, 2.75) is 38.8 Å². The summed E-state index contributed by atoms with van der Waals surface area (Å²) in [5.74, 6) is 0.659. The zero-order valence-electron chi connectivity index (χ0n) is 19.2. The van der Waals surface area contributed by atoms with Crippen molar-refractivity contribution < 1.29 is 9.59 Å². The molecule has 1 unspecified atom stereocenters. The number of fused-ring (bicyclic) bond motifs is 4. The standard InChI is InChI=1S/C25H28N6O2/c1-17(2)27-22(32)15-31-20-9-5-12-26-23(20)30-13-6-10-21(30)25(31)11-14-29(16-25)24(33)19-8-4-7-18(3)28-19/h4-10,12-13,17H,11,14-16H2,1-3H3,(H,27,32). The largest absolute Gasteiger partial charge is 0.352 e. The minimum Gasteiger partial charge on any atom is -0.352 e. The van der Waals surface area contributed by atoms with E-state index in [0.29, 0.717) is 25.2 Å². The van der Waals surface area contributed by atoms with Crippen LogP contribution in [-0.4, -0.2) is 56.9 Å². The third-order valence-electron chi connectivity index (χ3n) is 6.42. The quantitative estimate of drug-likeness (QED) is 0.669. The van der Waals surface area contributed by atoms with Crippen LogP contribution >= 0.6 is 0 Å². The van der Waals surface area contributed by atoms with Crippen LogP contribution in [0.25, 0.3) is 5.82 Å². The van der Waals surface area contributed by atoms with Gasteiger partial charge in [-0.15, -0.1) is 0 Å². The Kier molecular flexibility index (Phi) is 5.15. The molecule has 3 aromatic heterocycles. The predicted molar refractivity (Wildman–Crippen MR) is 125 cm³/mol. The molecule has 1 N–H and O–H groups in total. The third-order valence-corrected chi connectivity index (χ3v) is 6.42. The first-order chi connectivity index (χ1) is 15.9. The molecule has 0 bridgehead atoms. The van der Waals surface area contributed by atoms with E-state index in [4.69, 9.17) is 0 Å². The molecule has 33 heavy (non-hydrogen) atoms. The fraction of sp³-hybridized carbons (Fsp3) is 0.360. The molecule has 8 nitrogen and oxygen atoms in total. The maximum absolute atomic E-state index is 13.3. The average molecular weight is 445 g/mol. The number of aryl methyl sites for hydroxylation is 1. The van der Waals surface area contributed by atoms with E-state index in [2.05, 4.69) is 30.8 Å². The van der Waals surface area contributed by atoms with Crippen LogP contribution in [0.2, 0.25) is 0 Å². The first kappa shape index (κ1) is 21.2. The molecule has 170 valence electrons. The van der Waals surface area contributed by atoms with Crippen molar-refractivity contribution in [3.05, 3.63) is 71.9 Å². The number of pyridine rings is 2. The van der Waals surface area contributed by atoms with Gasteiger partial charge in [-0.1, -0.05) is 6.07 Å². The first-order valence-corrected chi connectivity index (χ1v) is 11.3. The lowest BCUT2D eigenvalue weighted by molar-refractivity contribution is -0.120. The van der Waals surface area contributed by atoms with Crippen LogP contribution in [0.5, 0.6) is 0 Å². The van der Waals surface area contributed by atoms with Gasteiger partial charge in [0, 0.05) is 37.2 Å². The molecule has 2 aliphatic heterocycles. The minimum atomic E-state index is -0.534. The predicted octanol–water partition coefficient (Wildman–Crippen LogP) is 2.66. The van der Waals surface area contributed by atoms with Gasteiger partial charge in [-0.2, -0.15) is 0 Å². The molecule has 1 saturated heterocycles. The molecular formula is C25H28N6O2. The van der Waals surface area contributed by atoms with Crippen LogP contribution in [-0.2, 0) is 10.3 Å². The summed E-state index contributed by atoms with van der Waals surface area (Å²) in [6.07, 6.45) is 4.47. The molecule has 2 amide bonds. The van der Waals surface area contributed by atoms with Crippen LogP contribution in [0.1, 0.15) is 42.1 Å². The highest BCUT2D eigenvalue weighted by atomic mass is 16.2. The van der Waals surface area contributed by atoms with Gasteiger partial charge in [-0.05, 0) is 63.6 Å². The summed E-state index contributed by atoms with van der Waals surface area (Å²) in [6.45, 7) is 7.03. The van der Waals surface area contributed by atoms with Crippen LogP contribution < -0.4 is 10.2 Å². The van der Waals surface area contributed by atoms with Gasteiger partial charge in [0.25, 0.3) is 5.91 Å². The van der Waals surface area contributed by atoms with Crippen molar-refractivity contribution in [2.75, 3.05) is 24.5 Å². The van der Waals surface area contributed by atoms with Crippen LogP contribution in [0.3, 0.4) is 0 Å². The normalized spacial score (nSPS) is 19.0.